The largest absolute Gasteiger partial charge is 0.507 e. The van der Waals surface area contributed by atoms with Crippen LogP contribution < -0.4 is 15.6 Å². The molecule has 0 spiro atoms. The lowest BCUT2D eigenvalue weighted by Crippen LogP contribution is -2.60. The van der Waals surface area contributed by atoms with E-state index in [-0.39, 0.29) is 28.5 Å². The van der Waals surface area contributed by atoms with Crippen molar-refractivity contribution in [2.45, 2.75) is 71.2 Å². The summed E-state index contributed by atoms with van der Waals surface area (Å²) in [7, 11) is 0. The van der Waals surface area contributed by atoms with Crippen molar-refractivity contribution in [1.82, 2.24) is 20.1 Å². The van der Waals surface area contributed by atoms with Crippen molar-refractivity contribution in [2.24, 2.45) is 0 Å². The zero-order valence-electron chi connectivity index (χ0n) is 18.8. The third-order valence-corrected chi connectivity index (χ3v) is 5.79. The van der Waals surface area contributed by atoms with E-state index >= 15 is 0 Å². The van der Waals surface area contributed by atoms with Gasteiger partial charge in [0.15, 0.2) is 0 Å². The van der Waals surface area contributed by atoms with Gasteiger partial charge in [0, 0.05) is 53.7 Å². The molecule has 0 amide bonds. The van der Waals surface area contributed by atoms with Crippen molar-refractivity contribution in [3.8, 4) is 22.9 Å². The van der Waals surface area contributed by atoms with Gasteiger partial charge in [0.05, 0.1) is 5.69 Å². The quantitative estimate of drug-likeness (QED) is 0.663. The Hall–Kier alpha value is -2.93. The Kier molecular flexibility index (Phi) is 5.25. The summed E-state index contributed by atoms with van der Waals surface area (Å²) >= 11 is 0. The number of ether oxygens (including phenoxy) is 1. The molecule has 0 saturated carbocycles. The maximum absolute atomic E-state index is 12.7. The third kappa shape index (κ3) is 4.42. The number of hydrogen-bond acceptors (Lipinski definition) is 6. The number of phenolic OH excluding ortho intramolecular Hbond substituents is 1. The summed E-state index contributed by atoms with van der Waals surface area (Å²) in [5.74, 6) is 0.516. The Labute approximate surface area is 182 Å². The van der Waals surface area contributed by atoms with E-state index in [1.165, 1.54) is 0 Å². The highest BCUT2D eigenvalue weighted by Gasteiger charge is 2.38. The van der Waals surface area contributed by atoms with E-state index in [0.29, 0.717) is 34.5 Å². The first-order chi connectivity index (χ1) is 14.6. The van der Waals surface area contributed by atoms with Crippen LogP contribution in [0.25, 0.3) is 22.0 Å². The number of fused-ring (bicyclic) bond motifs is 1. The Bertz CT molecular complexity index is 1150. The van der Waals surface area contributed by atoms with Crippen LogP contribution in [-0.4, -0.2) is 37.1 Å². The smallest absolute Gasteiger partial charge is 0.258 e. The first-order valence-electron chi connectivity index (χ1n) is 10.7. The van der Waals surface area contributed by atoms with Gasteiger partial charge < -0.3 is 19.7 Å². The van der Waals surface area contributed by atoms with Crippen LogP contribution in [0.4, 0.5) is 0 Å². The van der Waals surface area contributed by atoms with E-state index in [9.17, 15) is 9.90 Å². The summed E-state index contributed by atoms with van der Waals surface area (Å²) in [5.41, 5.74) is 0.820. The molecule has 7 heteroatoms. The number of benzene rings is 1. The molecule has 0 bridgehead atoms. The lowest BCUT2D eigenvalue weighted by molar-refractivity contribution is 0.0524. The molecule has 2 aromatic heterocycles. The molecule has 7 nitrogen and oxygen atoms in total. The van der Waals surface area contributed by atoms with Gasteiger partial charge in [0.2, 0.25) is 5.88 Å². The van der Waals surface area contributed by atoms with Gasteiger partial charge >= 0.3 is 0 Å². The van der Waals surface area contributed by atoms with Gasteiger partial charge in [0.1, 0.15) is 11.9 Å². The molecule has 4 rings (SSSR count). The number of nitrogens with one attached hydrogen (secondary N) is 1. The SMILES string of the molecule is CCn1ccc2cc(O)c(-c3ccc(OC4CC(C)(C)NC(C)(C)C4)nn3)cc2c1=O. The van der Waals surface area contributed by atoms with Crippen LogP contribution in [0.3, 0.4) is 0 Å². The molecule has 0 atom stereocenters. The van der Waals surface area contributed by atoms with Crippen LogP contribution in [0.2, 0.25) is 0 Å². The van der Waals surface area contributed by atoms with E-state index in [0.717, 1.165) is 12.8 Å². The molecule has 3 aromatic rings. The zero-order chi connectivity index (χ0) is 22.4. The van der Waals surface area contributed by atoms with E-state index in [2.05, 4.69) is 43.2 Å². The van der Waals surface area contributed by atoms with Gasteiger partial charge in [-0.1, -0.05) is 0 Å². The van der Waals surface area contributed by atoms with E-state index in [4.69, 9.17) is 4.74 Å². The maximum atomic E-state index is 12.7. The molecule has 1 saturated heterocycles. The second-order valence-corrected chi connectivity index (χ2v) is 9.66. The van der Waals surface area contributed by atoms with Crippen molar-refractivity contribution in [2.75, 3.05) is 0 Å². The van der Waals surface area contributed by atoms with Crippen LogP contribution in [0.1, 0.15) is 47.5 Å². The molecule has 2 N–H and O–H groups in total. The number of rotatable bonds is 4. The molecule has 1 aromatic carbocycles. The van der Waals surface area contributed by atoms with Crippen molar-refractivity contribution in [1.29, 1.82) is 0 Å². The normalized spacial score (nSPS) is 18.2. The average molecular weight is 423 g/mol. The van der Waals surface area contributed by atoms with Crippen LogP contribution >= 0.6 is 0 Å². The molecular formula is C24H30N4O3. The summed E-state index contributed by atoms with van der Waals surface area (Å²) in [6.07, 6.45) is 3.51. The Balaban J connectivity index is 1.61. The lowest BCUT2D eigenvalue weighted by atomic mass is 9.81. The number of nitrogens with zero attached hydrogens (tertiary/aromatic N) is 3. The minimum absolute atomic E-state index is 0.0257. The van der Waals surface area contributed by atoms with E-state index in [1.54, 1.807) is 35.0 Å². The van der Waals surface area contributed by atoms with Gasteiger partial charge in [-0.15, -0.1) is 10.2 Å². The predicted octanol–water partition coefficient (Wildman–Crippen LogP) is 3.87. The maximum Gasteiger partial charge on any atom is 0.258 e. The van der Waals surface area contributed by atoms with Gasteiger partial charge in [-0.05, 0) is 64.3 Å². The lowest BCUT2D eigenvalue weighted by Gasteiger charge is -2.46. The topological polar surface area (TPSA) is 89.3 Å². The first-order valence-corrected chi connectivity index (χ1v) is 10.7. The van der Waals surface area contributed by atoms with Crippen molar-refractivity contribution >= 4 is 10.8 Å². The number of piperidine rings is 1. The summed E-state index contributed by atoms with van der Waals surface area (Å²) < 4.78 is 7.77. The molecule has 1 aliphatic heterocycles. The minimum Gasteiger partial charge on any atom is -0.507 e. The standard InChI is InChI=1S/C24H30N4O3/c1-6-28-10-9-15-11-20(29)18(12-17(15)22(28)30)19-7-8-21(26-25-19)31-16-13-23(2,3)27-24(4,5)14-16/h7-12,16,27,29H,6,13-14H2,1-5H3. The van der Waals surface area contributed by atoms with Gasteiger partial charge in [0.25, 0.3) is 5.56 Å². The number of pyridine rings is 1. The highest BCUT2D eigenvalue weighted by atomic mass is 16.5. The monoisotopic (exact) mass is 422 g/mol. The Morgan fingerprint density at radius 2 is 1.84 bits per heavy atom. The van der Waals surface area contributed by atoms with Crippen LogP contribution in [-0.2, 0) is 6.54 Å². The van der Waals surface area contributed by atoms with E-state index < -0.39 is 0 Å². The number of hydrogen-bond donors (Lipinski definition) is 2. The van der Waals surface area contributed by atoms with Gasteiger partial charge in [-0.2, -0.15) is 0 Å². The highest BCUT2D eigenvalue weighted by Crippen LogP contribution is 2.33. The van der Waals surface area contributed by atoms with Crippen LogP contribution in [0.15, 0.2) is 41.3 Å². The fourth-order valence-corrected chi connectivity index (χ4v) is 4.78. The van der Waals surface area contributed by atoms with Crippen molar-refractivity contribution in [3.05, 3.63) is 46.9 Å². The third-order valence-electron chi connectivity index (χ3n) is 5.79. The van der Waals surface area contributed by atoms with Crippen molar-refractivity contribution in [3.63, 3.8) is 0 Å². The fraction of sp³-hybridized carbons (Fsp3) is 0.458. The molecular weight excluding hydrogens is 392 g/mol. The number of aromatic hydroxyl groups is 1. The number of phenols is 1. The molecule has 0 radical (unpaired) electrons. The first kappa shape index (κ1) is 21.3. The molecule has 3 heterocycles. The summed E-state index contributed by atoms with van der Waals surface area (Å²) in [5, 5.41) is 23.9. The minimum atomic E-state index is -0.0923. The molecule has 1 aliphatic rings. The molecule has 164 valence electrons. The summed E-state index contributed by atoms with van der Waals surface area (Å²) in [4.78, 5) is 12.7. The fourth-order valence-electron chi connectivity index (χ4n) is 4.78. The molecule has 31 heavy (non-hydrogen) atoms. The van der Waals surface area contributed by atoms with Gasteiger partial charge in [-0.25, -0.2) is 0 Å². The second kappa shape index (κ2) is 7.64. The molecule has 0 unspecified atom stereocenters. The van der Waals surface area contributed by atoms with E-state index in [1.807, 2.05) is 13.0 Å². The Morgan fingerprint density at radius 3 is 2.45 bits per heavy atom. The number of aryl methyl sites for hydroxylation is 1. The molecule has 0 aliphatic carbocycles. The summed E-state index contributed by atoms with van der Waals surface area (Å²) in [6, 6.07) is 8.64. The van der Waals surface area contributed by atoms with Crippen molar-refractivity contribution < 1.29 is 9.84 Å². The predicted molar refractivity (Wildman–Crippen MR) is 122 cm³/mol. The zero-order valence-corrected chi connectivity index (χ0v) is 18.8. The molecule has 1 fully saturated rings. The Morgan fingerprint density at radius 1 is 1.13 bits per heavy atom. The number of aromatic nitrogens is 3. The highest BCUT2D eigenvalue weighted by molar-refractivity contribution is 5.89. The second-order valence-electron chi connectivity index (χ2n) is 9.66. The summed E-state index contributed by atoms with van der Waals surface area (Å²) in [6.45, 7) is 11.2. The van der Waals surface area contributed by atoms with Crippen LogP contribution in [0.5, 0.6) is 11.6 Å². The van der Waals surface area contributed by atoms with Gasteiger partial charge in [-0.3, -0.25) is 4.79 Å². The average Bonchev–Trinajstić information content (AvgIpc) is 2.66. The van der Waals surface area contributed by atoms with Crippen LogP contribution in [0, 0.1) is 0 Å².